The number of rotatable bonds is 18. The van der Waals surface area contributed by atoms with Crippen molar-refractivity contribution in [2.75, 3.05) is 98.9 Å². The van der Waals surface area contributed by atoms with E-state index in [1.54, 1.807) is 0 Å². The van der Waals surface area contributed by atoms with Crippen LogP contribution in [-0.2, 0) is 10.3 Å². The normalized spacial score (nSPS) is 15.3. The van der Waals surface area contributed by atoms with Crippen LogP contribution < -0.4 is 15.0 Å². The molecule has 1 aliphatic heterocycles. The average Bonchev–Trinajstić information content (AvgIpc) is 3.13. The Balaban J connectivity index is 1.48. The summed E-state index contributed by atoms with van der Waals surface area (Å²) >= 11 is 0. The summed E-state index contributed by atoms with van der Waals surface area (Å²) in [5.74, 6) is 0.411. The van der Waals surface area contributed by atoms with Crippen molar-refractivity contribution in [3.05, 3.63) is 107 Å². The zero-order valence-electron chi connectivity index (χ0n) is 31.7. The molecule has 4 aromatic carbocycles. The highest BCUT2D eigenvalue weighted by Gasteiger charge is 2.37. The van der Waals surface area contributed by atoms with Crippen molar-refractivity contribution in [2.24, 2.45) is 0 Å². The number of hydrogen-bond acceptors (Lipinski definition) is 8. The van der Waals surface area contributed by atoms with Crippen molar-refractivity contribution < 1.29 is 14.3 Å². The number of unbranched alkanes of at least 4 members (excludes halogenated alkanes) is 1. The number of fused-ring (bicyclic) bond motifs is 3. The molecule has 272 valence electrons. The summed E-state index contributed by atoms with van der Waals surface area (Å²) < 4.78 is 12.3. The molecule has 0 fully saturated rings. The molecule has 1 aliphatic rings. The lowest BCUT2D eigenvalue weighted by atomic mass is 9.83. The van der Waals surface area contributed by atoms with Crippen LogP contribution in [0.2, 0.25) is 0 Å². The third-order valence-electron chi connectivity index (χ3n) is 9.60. The van der Waals surface area contributed by atoms with Crippen molar-refractivity contribution in [3.63, 3.8) is 0 Å². The average molecular weight is 692 g/mol. The Morgan fingerprint density at radius 1 is 0.725 bits per heavy atom. The van der Waals surface area contributed by atoms with E-state index in [0.717, 1.165) is 104 Å². The molecule has 1 unspecified atom stereocenters. The molecule has 8 nitrogen and oxygen atoms in total. The third kappa shape index (κ3) is 9.50. The molecule has 51 heavy (non-hydrogen) atoms. The fourth-order valence-electron chi connectivity index (χ4n) is 6.85. The van der Waals surface area contributed by atoms with Crippen LogP contribution in [0, 0.1) is 0 Å². The molecular formula is C43H57N5O3. The lowest BCUT2D eigenvalue weighted by Crippen LogP contribution is -2.34. The summed E-state index contributed by atoms with van der Waals surface area (Å²) in [6.45, 7) is 5.94. The second kappa shape index (κ2) is 17.7. The van der Waals surface area contributed by atoms with Crippen LogP contribution in [0.3, 0.4) is 0 Å². The van der Waals surface area contributed by atoms with Gasteiger partial charge in [-0.25, -0.2) is 4.79 Å². The number of ether oxygens (including phenoxy) is 2. The maximum atomic E-state index is 13.0. The molecule has 1 heterocycles. The van der Waals surface area contributed by atoms with E-state index >= 15 is 0 Å². The van der Waals surface area contributed by atoms with Gasteiger partial charge < -0.3 is 34.4 Å². The minimum Gasteiger partial charge on any atom is -0.473 e. The van der Waals surface area contributed by atoms with E-state index in [-0.39, 0.29) is 5.97 Å². The first-order chi connectivity index (χ1) is 24.6. The Labute approximate surface area is 305 Å². The van der Waals surface area contributed by atoms with E-state index in [2.05, 4.69) is 146 Å². The first kappa shape index (κ1) is 37.9. The summed E-state index contributed by atoms with van der Waals surface area (Å²) in [5, 5.41) is 5.48. The molecule has 0 radical (unpaired) electrons. The zero-order valence-corrected chi connectivity index (χ0v) is 31.7. The maximum Gasteiger partial charge on any atom is 0.339 e. The van der Waals surface area contributed by atoms with Crippen LogP contribution in [0.5, 0.6) is 5.75 Å². The molecule has 5 rings (SSSR count). The van der Waals surface area contributed by atoms with Gasteiger partial charge in [-0.15, -0.1) is 0 Å². The van der Waals surface area contributed by atoms with Crippen molar-refractivity contribution in [2.45, 2.75) is 31.3 Å². The summed E-state index contributed by atoms with van der Waals surface area (Å²) in [6, 6.07) is 27.5. The predicted molar refractivity (Wildman–Crippen MR) is 213 cm³/mol. The smallest absolute Gasteiger partial charge is 0.339 e. The van der Waals surface area contributed by atoms with Crippen molar-refractivity contribution in [1.82, 2.24) is 14.7 Å². The number of esters is 1. The third-order valence-corrected chi connectivity index (χ3v) is 9.60. The van der Waals surface area contributed by atoms with Crippen LogP contribution >= 0.6 is 0 Å². The minimum atomic E-state index is -0.819. The Bertz CT molecular complexity index is 1740. The van der Waals surface area contributed by atoms with Crippen LogP contribution in [0.4, 0.5) is 11.4 Å². The van der Waals surface area contributed by atoms with Gasteiger partial charge in [-0.2, -0.15) is 0 Å². The molecule has 0 saturated carbocycles. The van der Waals surface area contributed by atoms with Gasteiger partial charge in [0.05, 0.1) is 12.7 Å². The molecular weight excluding hydrogens is 635 g/mol. The highest BCUT2D eigenvalue weighted by Crippen LogP contribution is 2.45. The number of hydrogen-bond donors (Lipinski definition) is 1. The molecule has 1 atom stereocenters. The Morgan fingerprint density at radius 3 is 1.98 bits per heavy atom. The standard InChI is InChI=1S/C43H57N5O3/c1-45(2)26-12-11-25-44-40-31-33-17-22-41-37(38(33)32-39(40)42(49)50-7)23-24-43(51-41,34-15-9-8-10-16-34)35-18-20-36(21-19-35)48(29-13-27-46(3)4)30-14-28-47(5)6/h8-10,15-24,31-32,44H,11-14,25-30H2,1-7H3. The number of nitrogens with one attached hydrogen (secondary N) is 1. The first-order valence-corrected chi connectivity index (χ1v) is 18.3. The van der Waals surface area contributed by atoms with Gasteiger partial charge in [0, 0.05) is 47.7 Å². The number of nitrogens with zero attached hydrogens (tertiary/aromatic N) is 4. The monoisotopic (exact) mass is 691 g/mol. The number of anilines is 2. The van der Waals surface area contributed by atoms with Crippen molar-refractivity contribution >= 4 is 34.2 Å². The van der Waals surface area contributed by atoms with Gasteiger partial charge in [0.2, 0.25) is 0 Å². The number of methoxy groups -OCH3 is 1. The molecule has 4 aromatic rings. The fraction of sp³-hybridized carbons (Fsp3) is 0.419. The summed E-state index contributed by atoms with van der Waals surface area (Å²) in [7, 11) is 14.1. The number of carbonyl (C=O) groups is 1. The maximum absolute atomic E-state index is 13.0. The van der Waals surface area contributed by atoms with Crippen LogP contribution in [0.15, 0.2) is 84.9 Å². The number of carbonyl (C=O) groups excluding carboxylic acids is 1. The van der Waals surface area contributed by atoms with E-state index in [9.17, 15) is 4.79 Å². The van der Waals surface area contributed by atoms with E-state index in [1.165, 1.54) is 12.8 Å². The van der Waals surface area contributed by atoms with E-state index < -0.39 is 5.60 Å². The van der Waals surface area contributed by atoms with E-state index in [1.807, 2.05) is 12.1 Å². The second-order valence-corrected chi connectivity index (χ2v) is 14.4. The lowest BCUT2D eigenvalue weighted by molar-refractivity contribution is 0.0602. The van der Waals surface area contributed by atoms with Gasteiger partial charge in [-0.3, -0.25) is 0 Å². The molecule has 8 heteroatoms. The molecule has 0 spiro atoms. The van der Waals surface area contributed by atoms with Crippen LogP contribution in [0.25, 0.3) is 16.8 Å². The SMILES string of the molecule is COC(=O)c1cc2c3c(ccc2cc1NCCCCN(C)C)OC(c1ccccc1)(c1ccc(N(CCCN(C)C)CCCN(C)C)cc1)C=C3. The van der Waals surface area contributed by atoms with Gasteiger partial charge in [-0.05, 0) is 141 Å². The van der Waals surface area contributed by atoms with Gasteiger partial charge >= 0.3 is 5.97 Å². The summed E-state index contributed by atoms with van der Waals surface area (Å²) in [4.78, 5) is 22.2. The minimum absolute atomic E-state index is 0.359. The molecule has 0 aliphatic carbocycles. The Kier molecular flexibility index (Phi) is 13.2. The van der Waals surface area contributed by atoms with Crippen molar-refractivity contribution in [1.29, 1.82) is 0 Å². The topological polar surface area (TPSA) is 60.5 Å². The Morgan fingerprint density at radius 2 is 1.35 bits per heavy atom. The fourth-order valence-corrected chi connectivity index (χ4v) is 6.85. The number of benzene rings is 4. The lowest BCUT2D eigenvalue weighted by Gasteiger charge is -2.37. The second-order valence-electron chi connectivity index (χ2n) is 14.4. The largest absolute Gasteiger partial charge is 0.473 e. The van der Waals surface area contributed by atoms with Crippen molar-refractivity contribution in [3.8, 4) is 5.75 Å². The molecule has 1 N–H and O–H groups in total. The van der Waals surface area contributed by atoms with Gasteiger partial charge in [-0.1, -0.05) is 48.5 Å². The quantitative estimate of drug-likeness (QED) is 0.0854. The van der Waals surface area contributed by atoms with Gasteiger partial charge in [0.1, 0.15) is 5.75 Å². The van der Waals surface area contributed by atoms with Crippen LogP contribution in [0.1, 0.15) is 52.7 Å². The zero-order chi connectivity index (χ0) is 36.4. The molecule has 0 amide bonds. The molecule has 0 bridgehead atoms. The first-order valence-electron chi connectivity index (χ1n) is 18.3. The molecule has 0 saturated heterocycles. The molecule has 0 aromatic heterocycles. The van der Waals surface area contributed by atoms with Gasteiger partial charge in [0.25, 0.3) is 0 Å². The van der Waals surface area contributed by atoms with E-state index in [0.29, 0.717) is 5.56 Å². The summed E-state index contributed by atoms with van der Waals surface area (Å²) in [5.41, 5.74) is 4.78. The Hall–Kier alpha value is -4.37. The highest BCUT2D eigenvalue weighted by atomic mass is 16.5. The van der Waals surface area contributed by atoms with E-state index in [4.69, 9.17) is 9.47 Å². The predicted octanol–water partition coefficient (Wildman–Crippen LogP) is 7.44. The summed E-state index contributed by atoms with van der Waals surface area (Å²) in [6.07, 6.45) is 8.62. The highest BCUT2D eigenvalue weighted by molar-refractivity contribution is 6.04. The van der Waals surface area contributed by atoms with Gasteiger partial charge in [0.15, 0.2) is 5.60 Å². The van der Waals surface area contributed by atoms with Crippen LogP contribution in [-0.4, -0.2) is 109 Å².